The molecule has 1 fully saturated rings. The maximum atomic E-state index is 6.54. The van der Waals surface area contributed by atoms with Crippen LogP contribution in [0, 0.1) is 0 Å². The Kier molecular flexibility index (Phi) is 7.63. The molecule has 0 unspecified atom stereocenters. The number of anilines is 2. The summed E-state index contributed by atoms with van der Waals surface area (Å²) in [5, 5.41) is 4.64. The van der Waals surface area contributed by atoms with Gasteiger partial charge in [0, 0.05) is 25.3 Å². The van der Waals surface area contributed by atoms with E-state index in [4.69, 9.17) is 37.4 Å². The first-order chi connectivity index (χ1) is 15.6. The van der Waals surface area contributed by atoms with E-state index >= 15 is 0 Å². The Morgan fingerprint density at radius 3 is 2.44 bits per heavy atom. The molecule has 4 rings (SSSR count). The summed E-state index contributed by atoms with van der Waals surface area (Å²) in [6, 6.07) is 19.8. The molecule has 32 heavy (non-hydrogen) atoms. The fourth-order valence-electron chi connectivity index (χ4n) is 3.63. The van der Waals surface area contributed by atoms with Crippen LogP contribution in [0.25, 0.3) is 0 Å². The van der Waals surface area contributed by atoms with Crippen molar-refractivity contribution in [3.8, 4) is 11.5 Å². The van der Waals surface area contributed by atoms with E-state index in [0.717, 1.165) is 53.8 Å². The molecular weight excluding hydrogens is 447 g/mol. The zero-order valence-electron chi connectivity index (χ0n) is 17.9. The van der Waals surface area contributed by atoms with Crippen molar-refractivity contribution in [3.63, 3.8) is 0 Å². The molecule has 0 bridgehead atoms. The van der Waals surface area contributed by atoms with Crippen LogP contribution in [0.2, 0.25) is 10.0 Å². The fraction of sp³-hybridized carbons (Fsp3) is 0.280. The Bertz CT molecular complexity index is 1040. The van der Waals surface area contributed by atoms with E-state index in [2.05, 4.69) is 10.2 Å². The van der Waals surface area contributed by atoms with Crippen LogP contribution in [0.3, 0.4) is 0 Å². The smallest absolute Gasteiger partial charge is 0.180 e. The van der Waals surface area contributed by atoms with Crippen LogP contribution >= 0.6 is 23.2 Å². The van der Waals surface area contributed by atoms with Crippen molar-refractivity contribution < 1.29 is 14.2 Å². The van der Waals surface area contributed by atoms with E-state index in [9.17, 15) is 0 Å². The molecule has 168 valence electrons. The second-order valence-corrected chi connectivity index (χ2v) is 8.32. The van der Waals surface area contributed by atoms with Crippen molar-refractivity contribution >= 4 is 34.6 Å². The second kappa shape index (κ2) is 10.8. The van der Waals surface area contributed by atoms with Gasteiger partial charge in [0.2, 0.25) is 0 Å². The maximum Gasteiger partial charge on any atom is 0.180 e. The van der Waals surface area contributed by atoms with Crippen LogP contribution in [0.4, 0.5) is 11.4 Å². The maximum absolute atomic E-state index is 6.54. The Morgan fingerprint density at radius 2 is 1.72 bits per heavy atom. The number of hydrogen-bond acceptors (Lipinski definition) is 5. The summed E-state index contributed by atoms with van der Waals surface area (Å²) in [6.45, 7) is 4.14. The molecule has 0 spiro atoms. The fourth-order valence-corrected chi connectivity index (χ4v) is 4.21. The molecule has 0 radical (unpaired) electrons. The van der Waals surface area contributed by atoms with E-state index < -0.39 is 0 Å². The monoisotopic (exact) mass is 472 g/mol. The molecule has 0 atom stereocenters. The zero-order valence-corrected chi connectivity index (χ0v) is 19.5. The summed E-state index contributed by atoms with van der Waals surface area (Å²) < 4.78 is 16.9. The molecule has 1 heterocycles. The van der Waals surface area contributed by atoms with Crippen LogP contribution in [0.1, 0.15) is 11.1 Å². The van der Waals surface area contributed by atoms with Gasteiger partial charge >= 0.3 is 0 Å². The standard InChI is InChI=1S/C25H26Cl2N2O3/c1-30-24-14-19(13-22(27)25(24)32-17-18-5-3-2-4-6-18)16-28-20-7-8-23(21(26)15-20)29-9-11-31-12-10-29/h2-8,13-15,28H,9-12,16-17H2,1H3. The van der Waals surface area contributed by atoms with Crippen molar-refractivity contribution in [1.82, 2.24) is 0 Å². The molecule has 7 heteroatoms. The van der Waals surface area contributed by atoms with E-state index in [-0.39, 0.29) is 0 Å². The topological polar surface area (TPSA) is 43.0 Å². The average molecular weight is 473 g/mol. The Labute approximate surface area is 198 Å². The third kappa shape index (κ3) is 5.60. The number of morpholine rings is 1. The Hall–Kier alpha value is -2.60. The summed E-state index contributed by atoms with van der Waals surface area (Å²) in [5.74, 6) is 1.14. The number of nitrogens with one attached hydrogen (secondary N) is 1. The van der Waals surface area contributed by atoms with Gasteiger partial charge in [0.05, 0.1) is 36.1 Å². The molecule has 0 saturated carbocycles. The second-order valence-electron chi connectivity index (χ2n) is 7.50. The van der Waals surface area contributed by atoms with Gasteiger partial charge in [0.15, 0.2) is 11.5 Å². The predicted molar refractivity (Wildman–Crippen MR) is 131 cm³/mol. The van der Waals surface area contributed by atoms with Gasteiger partial charge in [-0.1, -0.05) is 53.5 Å². The van der Waals surface area contributed by atoms with Crippen molar-refractivity contribution in [3.05, 3.63) is 81.8 Å². The molecule has 1 aliphatic heterocycles. The summed E-state index contributed by atoms with van der Waals surface area (Å²) in [7, 11) is 1.61. The van der Waals surface area contributed by atoms with Crippen molar-refractivity contribution in [2.24, 2.45) is 0 Å². The number of rotatable bonds is 8. The zero-order chi connectivity index (χ0) is 22.3. The molecular formula is C25H26Cl2N2O3. The van der Waals surface area contributed by atoms with Gasteiger partial charge in [-0.3, -0.25) is 0 Å². The number of benzene rings is 3. The summed E-state index contributed by atoms with van der Waals surface area (Å²) in [4.78, 5) is 2.24. The summed E-state index contributed by atoms with van der Waals surface area (Å²) in [6.07, 6.45) is 0. The lowest BCUT2D eigenvalue weighted by molar-refractivity contribution is 0.122. The Balaban J connectivity index is 1.42. The number of nitrogens with zero attached hydrogens (tertiary/aromatic N) is 1. The first kappa shape index (κ1) is 22.6. The van der Waals surface area contributed by atoms with Gasteiger partial charge in [0.1, 0.15) is 6.61 Å². The molecule has 3 aromatic carbocycles. The molecule has 0 amide bonds. The molecule has 1 aliphatic rings. The van der Waals surface area contributed by atoms with Gasteiger partial charge < -0.3 is 24.4 Å². The van der Waals surface area contributed by atoms with Gasteiger partial charge in [-0.05, 0) is 41.5 Å². The average Bonchev–Trinajstić information content (AvgIpc) is 2.83. The minimum absolute atomic E-state index is 0.419. The highest BCUT2D eigenvalue weighted by Crippen LogP contribution is 2.37. The van der Waals surface area contributed by atoms with E-state index in [1.165, 1.54) is 0 Å². The minimum atomic E-state index is 0.419. The van der Waals surface area contributed by atoms with Crippen LogP contribution < -0.4 is 19.7 Å². The number of ether oxygens (including phenoxy) is 3. The third-order valence-electron chi connectivity index (χ3n) is 5.31. The number of halogens is 2. The van der Waals surface area contributed by atoms with Crippen molar-refractivity contribution in [1.29, 1.82) is 0 Å². The number of methoxy groups -OCH3 is 1. The van der Waals surface area contributed by atoms with Gasteiger partial charge in [-0.25, -0.2) is 0 Å². The highest BCUT2D eigenvalue weighted by molar-refractivity contribution is 6.33. The molecule has 1 N–H and O–H groups in total. The van der Waals surface area contributed by atoms with Crippen molar-refractivity contribution in [2.45, 2.75) is 13.2 Å². The highest BCUT2D eigenvalue weighted by Gasteiger charge is 2.15. The largest absolute Gasteiger partial charge is 0.493 e. The van der Waals surface area contributed by atoms with Crippen molar-refractivity contribution in [2.75, 3.05) is 43.6 Å². The van der Waals surface area contributed by atoms with Crippen LogP contribution in [-0.2, 0) is 17.9 Å². The quantitative estimate of drug-likeness (QED) is 0.433. The molecule has 3 aromatic rings. The van der Waals surface area contributed by atoms with Gasteiger partial charge in [0.25, 0.3) is 0 Å². The number of hydrogen-bond donors (Lipinski definition) is 1. The first-order valence-electron chi connectivity index (χ1n) is 10.5. The lowest BCUT2D eigenvalue weighted by Gasteiger charge is -2.29. The summed E-state index contributed by atoms with van der Waals surface area (Å²) >= 11 is 13.1. The minimum Gasteiger partial charge on any atom is -0.493 e. The van der Waals surface area contributed by atoms with Crippen LogP contribution in [-0.4, -0.2) is 33.4 Å². The van der Waals surface area contributed by atoms with E-state index in [1.807, 2.05) is 60.7 Å². The third-order valence-corrected chi connectivity index (χ3v) is 5.89. The normalized spacial score (nSPS) is 13.7. The predicted octanol–water partition coefficient (Wildman–Crippen LogP) is 6.03. The van der Waals surface area contributed by atoms with Gasteiger partial charge in [-0.15, -0.1) is 0 Å². The summed E-state index contributed by atoms with van der Waals surface area (Å²) in [5.41, 5.74) is 4.01. The van der Waals surface area contributed by atoms with Gasteiger partial charge in [-0.2, -0.15) is 0 Å². The SMILES string of the molecule is COc1cc(CNc2ccc(N3CCOCC3)c(Cl)c2)cc(Cl)c1OCc1ccccc1. The molecule has 5 nitrogen and oxygen atoms in total. The van der Waals surface area contributed by atoms with Crippen LogP contribution in [0.5, 0.6) is 11.5 Å². The molecule has 0 aromatic heterocycles. The lowest BCUT2D eigenvalue weighted by atomic mass is 10.2. The van der Waals surface area contributed by atoms with E-state index in [0.29, 0.717) is 29.7 Å². The van der Waals surface area contributed by atoms with Crippen LogP contribution in [0.15, 0.2) is 60.7 Å². The highest BCUT2D eigenvalue weighted by atomic mass is 35.5. The first-order valence-corrected chi connectivity index (χ1v) is 11.3. The molecule has 1 saturated heterocycles. The molecule has 0 aliphatic carbocycles. The Morgan fingerprint density at radius 1 is 0.938 bits per heavy atom. The lowest BCUT2D eigenvalue weighted by Crippen LogP contribution is -2.36. The van der Waals surface area contributed by atoms with E-state index in [1.54, 1.807) is 7.11 Å².